The number of aromatic nitrogens is 1. The second-order valence-electron chi connectivity index (χ2n) is 2.55. The number of carbonyl (C=O) groups excluding carboxylic acids is 1. The summed E-state index contributed by atoms with van der Waals surface area (Å²) < 4.78 is 25.2. The third-order valence-electron chi connectivity index (χ3n) is 1.75. The number of pyridine rings is 1. The SMILES string of the molecule is Nc1ncc(CBr)c(C(F)F)c1C=O. The number of nitrogens with two attached hydrogens (primary N) is 1. The molecule has 0 saturated heterocycles. The third kappa shape index (κ3) is 1.89. The maximum atomic E-state index is 12.6. The Bertz CT molecular complexity index is 357. The summed E-state index contributed by atoms with van der Waals surface area (Å²) in [4.78, 5) is 14.2. The highest BCUT2D eigenvalue weighted by Gasteiger charge is 2.19. The van der Waals surface area contributed by atoms with E-state index in [1.165, 1.54) is 6.20 Å². The molecule has 0 aliphatic heterocycles. The van der Waals surface area contributed by atoms with Crippen LogP contribution in [0.3, 0.4) is 0 Å². The van der Waals surface area contributed by atoms with Crippen molar-refractivity contribution in [3.63, 3.8) is 0 Å². The van der Waals surface area contributed by atoms with E-state index in [4.69, 9.17) is 5.73 Å². The van der Waals surface area contributed by atoms with Crippen LogP contribution in [-0.4, -0.2) is 11.3 Å². The summed E-state index contributed by atoms with van der Waals surface area (Å²) in [5.41, 5.74) is 5.01. The Labute approximate surface area is 87.4 Å². The number of halogens is 3. The predicted molar refractivity (Wildman–Crippen MR) is 51.6 cm³/mol. The van der Waals surface area contributed by atoms with E-state index in [0.29, 0.717) is 6.29 Å². The monoisotopic (exact) mass is 264 g/mol. The van der Waals surface area contributed by atoms with E-state index in [-0.39, 0.29) is 27.8 Å². The molecule has 1 aromatic rings. The first-order chi connectivity index (χ1) is 6.61. The second-order valence-corrected chi connectivity index (χ2v) is 3.11. The van der Waals surface area contributed by atoms with Crippen LogP contribution in [0.15, 0.2) is 6.20 Å². The highest BCUT2D eigenvalue weighted by Crippen LogP contribution is 2.29. The zero-order valence-electron chi connectivity index (χ0n) is 7.01. The van der Waals surface area contributed by atoms with Gasteiger partial charge in [-0.1, -0.05) is 15.9 Å². The van der Waals surface area contributed by atoms with Gasteiger partial charge in [-0.2, -0.15) is 0 Å². The smallest absolute Gasteiger partial charge is 0.265 e. The molecule has 0 fully saturated rings. The number of aldehydes is 1. The minimum absolute atomic E-state index is 0.167. The van der Waals surface area contributed by atoms with Crippen molar-refractivity contribution in [1.29, 1.82) is 0 Å². The summed E-state index contributed by atoms with van der Waals surface area (Å²) in [6.45, 7) is 0. The van der Waals surface area contributed by atoms with Gasteiger partial charge in [-0.25, -0.2) is 13.8 Å². The lowest BCUT2D eigenvalue weighted by Gasteiger charge is -2.09. The van der Waals surface area contributed by atoms with Crippen LogP contribution in [0.2, 0.25) is 0 Å². The molecule has 0 radical (unpaired) electrons. The average Bonchev–Trinajstić information content (AvgIpc) is 2.17. The Balaban J connectivity index is 3.43. The lowest BCUT2D eigenvalue weighted by atomic mass is 10.1. The van der Waals surface area contributed by atoms with Crippen LogP contribution in [0, 0.1) is 0 Å². The molecule has 3 nitrogen and oxygen atoms in total. The standard InChI is InChI=1S/C8H7BrF2N2O/c9-1-4-2-13-8(12)5(3-14)6(4)7(10)11/h2-3,7H,1H2,(H2,12,13). The Morgan fingerprint density at radius 3 is 2.71 bits per heavy atom. The molecule has 0 aliphatic rings. The fraction of sp³-hybridized carbons (Fsp3) is 0.250. The van der Waals surface area contributed by atoms with Crippen molar-refractivity contribution >= 4 is 28.0 Å². The predicted octanol–water partition coefficient (Wildman–Crippen LogP) is 2.31. The van der Waals surface area contributed by atoms with Gasteiger partial charge in [-0.05, 0) is 5.56 Å². The Morgan fingerprint density at radius 1 is 1.64 bits per heavy atom. The number of anilines is 1. The molecule has 6 heteroatoms. The second kappa shape index (κ2) is 4.45. The van der Waals surface area contributed by atoms with Crippen LogP contribution in [0.1, 0.15) is 27.9 Å². The van der Waals surface area contributed by atoms with Gasteiger partial charge >= 0.3 is 0 Å². The molecule has 0 aliphatic carbocycles. The summed E-state index contributed by atoms with van der Waals surface area (Å²) in [5, 5.41) is 0.209. The van der Waals surface area contributed by atoms with E-state index >= 15 is 0 Å². The van der Waals surface area contributed by atoms with E-state index in [2.05, 4.69) is 20.9 Å². The molecular formula is C8H7BrF2N2O. The van der Waals surface area contributed by atoms with Gasteiger partial charge in [0, 0.05) is 17.1 Å². The molecule has 0 unspecified atom stereocenters. The van der Waals surface area contributed by atoms with Crippen molar-refractivity contribution in [3.05, 3.63) is 22.9 Å². The Morgan fingerprint density at radius 2 is 2.29 bits per heavy atom. The molecule has 0 bridgehead atoms. The van der Waals surface area contributed by atoms with Gasteiger partial charge in [0.05, 0.1) is 5.56 Å². The number of hydrogen-bond donors (Lipinski definition) is 1. The van der Waals surface area contributed by atoms with Crippen molar-refractivity contribution in [2.75, 3.05) is 5.73 Å². The molecule has 0 saturated carbocycles. The molecule has 1 heterocycles. The first kappa shape index (κ1) is 11.0. The van der Waals surface area contributed by atoms with E-state index in [1.54, 1.807) is 0 Å². The molecule has 1 aromatic heterocycles. The van der Waals surface area contributed by atoms with E-state index < -0.39 is 6.43 Å². The molecule has 0 spiro atoms. The maximum absolute atomic E-state index is 12.6. The molecular weight excluding hydrogens is 258 g/mol. The lowest BCUT2D eigenvalue weighted by Crippen LogP contribution is -2.05. The molecule has 0 aromatic carbocycles. The van der Waals surface area contributed by atoms with E-state index in [1.807, 2.05) is 0 Å². The first-order valence-electron chi connectivity index (χ1n) is 3.68. The summed E-state index contributed by atoms with van der Waals surface area (Å²) in [6, 6.07) is 0. The Hall–Kier alpha value is -1.04. The van der Waals surface area contributed by atoms with Gasteiger partial charge in [-0.15, -0.1) is 0 Å². The van der Waals surface area contributed by atoms with Crippen LogP contribution >= 0.6 is 15.9 Å². The summed E-state index contributed by atoms with van der Waals surface area (Å²) in [7, 11) is 0. The third-order valence-corrected chi connectivity index (χ3v) is 2.36. The maximum Gasteiger partial charge on any atom is 0.265 e. The van der Waals surface area contributed by atoms with Crippen molar-refractivity contribution in [3.8, 4) is 0 Å². The van der Waals surface area contributed by atoms with Gasteiger partial charge in [0.2, 0.25) is 0 Å². The van der Waals surface area contributed by atoms with Crippen LogP contribution in [0.4, 0.5) is 14.6 Å². The highest BCUT2D eigenvalue weighted by atomic mass is 79.9. The van der Waals surface area contributed by atoms with Gasteiger partial charge in [0.15, 0.2) is 6.29 Å². The topological polar surface area (TPSA) is 56.0 Å². The molecule has 2 N–H and O–H groups in total. The fourth-order valence-corrected chi connectivity index (χ4v) is 1.53. The number of nitrogen functional groups attached to an aromatic ring is 1. The minimum atomic E-state index is -2.73. The van der Waals surface area contributed by atoms with Gasteiger partial charge in [0.1, 0.15) is 5.82 Å². The van der Waals surface area contributed by atoms with Crippen molar-refractivity contribution in [2.24, 2.45) is 0 Å². The van der Waals surface area contributed by atoms with Crippen LogP contribution in [0.5, 0.6) is 0 Å². The van der Waals surface area contributed by atoms with E-state index in [0.717, 1.165) is 0 Å². The lowest BCUT2D eigenvalue weighted by molar-refractivity contribution is 0.110. The number of nitrogens with zero attached hydrogens (tertiary/aromatic N) is 1. The first-order valence-corrected chi connectivity index (χ1v) is 4.80. The van der Waals surface area contributed by atoms with Gasteiger partial charge in [-0.3, -0.25) is 4.79 Å². The van der Waals surface area contributed by atoms with Gasteiger partial charge in [0.25, 0.3) is 6.43 Å². The molecule has 76 valence electrons. The van der Waals surface area contributed by atoms with Crippen LogP contribution in [0.25, 0.3) is 0 Å². The molecule has 14 heavy (non-hydrogen) atoms. The number of carbonyl (C=O) groups is 1. The number of hydrogen-bond acceptors (Lipinski definition) is 3. The fourth-order valence-electron chi connectivity index (χ4n) is 1.09. The number of rotatable bonds is 3. The van der Waals surface area contributed by atoms with E-state index in [9.17, 15) is 13.6 Å². The summed E-state index contributed by atoms with van der Waals surface area (Å²) >= 11 is 3.03. The minimum Gasteiger partial charge on any atom is -0.383 e. The average molecular weight is 265 g/mol. The Kier molecular flexibility index (Phi) is 3.51. The highest BCUT2D eigenvalue weighted by molar-refractivity contribution is 9.08. The quantitative estimate of drug-likeness (QED) is 0.674. The molecule has 0 atom stereocenters. The zero-order chi connectivity index (χ0) is 10.7. The van der Waals surface area contributed by atoms with Crippen LogP contribution < -0.4 is 5.73 Å². The largest absolute Gasteiger partial charge is 0.383 e. The molecule has 1 rings (SSSR count). The number of alkyl halides is 3. The van der Waals surface area contributed by atoms with Crippen molar-refractivity contribution in [2.45, 2.75) is 11.8 Å². The normalized spacial score (nSPS) is 10.6. The molecule has 0 amide bonds. The summed E-state index contributed by atoms with van der Waals surface area (Å²) in [6.07, 6.45) is -1.19. The van der Waals surface area contributed by atoms with Crippen molar-refractivity contribution < 1.29 is 13.6 Å². The van der Waals surface area contributed by atoms with Gasteiger partial charge < -0.3 is 5.73 Å². The van der Waals surface area contributed by atoms with Crippen molar-refractivity contribution in [1.82, 2.24) is 4.98 Å². The van der Waals surface area contributed by atoms with Crippen LogP contribution in [-0.2, 0) is 5.33 Å². The zero-order valence-corrected chi connectivity index (χ0v) is 8.59. The summed E-state index contributed by atoms with van der Waals surface area (Å²) in [5.74, 6) is -0.167.